The maximum atomic E-state index is 5.75. The summed E-state index contributed by atoms with van der Waals surface area (Å²) in [6, 6.07) is 0. The van der Waals surface area contributed by atoms with Crippen molar-refractivity contribution in [2.75, 3.05) is 0 Å². The molecule has 0 aliphatic rings. The highest BCUT2D eigenvalue weighted by atomic mass is 15.1. The molecule has 4 nitrogen and oxygen atoms in total. The van der Waals surface area contributed by atoms with Gasteiger partial charge in [-0.05, 0) is 19.4 Å². The summed E-state index contributed by atoms with van der Waals surface area (Å²) in [4.78, 5) is 9.09. The zero-order valence-electron chi connectivity index (χ0n) is 10.1. The lowest BCUT2D eigenvalue weighted by molar-refractivity contribution is 0.775. The average molecular weight is 218 g/mol. The lowest BCUT2D eigenvalue weighted by Gasteiger charge is -2.03. The van der Waals surface area contributed by atoms with E-state index in [1.54, 1.807) is 0 Å². The van der Waals surface area contributed by atoms with Gasteiger partial charge in [-0.25, -0.2) is 9.97 Å². The average Bonchev–Trinajstić information content (AvgIpc) is 2.67. The minimum atomic E-state index is 0.541. The number of nitrogens with zero attached hydrogens (tertiary/aromatic N) is 3. The number of aromatic nitrogens is 3. The van der Waals surface area contributed by atoms with Crippen molar-refractivity contribution in [3.63, 3.8) is 0 Å². The van der Waals surface area contributed by atoms with Gasteiger partial charge < -0.3 is 10.3 Å². The Hall–Kier alpha value is -1.42. The van der Waals surface area contributed by atoms with E-state index in [-0.39, 0.29) is 0 Å². The summed E-state index contributed by atoms with van der Waals surface area (Å²) in [5, 5.41) is 1.13. The van der Waals surface area contributed by atoms with Crippen molar-refractivity contribution in [2.45, 2.75) is 40.3 Å². The van der Waals surface area contributed by atoms with E-state index in [4.69, 9.17) is 5.73 Å². The largest absolute Gasteiger partial charge is 0.332 e. The minimum Gasteiger partial charge on any atom is -0.332 e. The van der Waals surface area contributed by atoms with Crippen molar-refractivity contribution in [3.05, 3.63) is 23.3 Å². The minimum absolute atomic E-state index is 0.541. The van der Waals surface area contributed by atoms with Crippen LogP contribution < -0.4 is 5.73 Å². The molecule has 0 aliphatic heterocycles. The van der Waals surface area contributed by atoms with Crippen LogP contribution >= 0.6 is 0 Å². The topological polar surface area (TPSA) is 56.7 Å². The van der Waals surface area contributed by atoms with Gasteiger partial charge >= 0.3 is 0 Å². The van der Waals surface area contributed by atoms with Gasteiger partial charge in [-0.15, -0.1) is 0 Å². The molecule has 2 heterocycles. The fourth-order valence-corrected chi connectivity index (χ4v) is 2.07. The van der Waals surface area contributed by atoms with Crippen LogP contribution in [-0.2, 0) is 19.5 Å². The highest BCUT2D eigenvalue weighted by molar-refractivity contribution is 5.82. The first kappa shape index (κ1) is 11.1. The van der Waals surface area contributed by atoms with Gasteiger partial charge in [0.25, 0.3) is 0 Å². The SMILES string of the molecule is CCc1nc(C)c2c(CN)cn(CC)c2n1. The monoisotopic (exact) mass is 218 g/mol. The molecule has 0 spiro atoms. The number of hydrogen-bond acceptors (Lipinski definition) is 3. The summed E-state index contributed by atoms with van der Waals surface area (Å²) in [7, 11) is 0. The smallest absolute Gasteiger partial charge is 0.144 e. The van der Waals surface area contributed by atoms with E-state index in [1.165, 1.54) is 0 Å². The first-order chi connectivity index (χ1) is 7.71. The number of rotatable bonds is 3. The van der Waals surface area contributed by atoms with Crippen molar-refractivity contribution < 1.29 is 0 Å². The maximum Gasteiger partial charge on any atom is 0.144 e. The third-order valence-electron chi connectivity index (χ3n) is 2.90. The van der Waals surface area contributed by atoms with Crippen LogP contribution in [-0.4, -0.2) is 14.5 Å². The van der Waals surface area contributed by atoms with E-state index < -0.39 is 0 Å². The second kappa shape index (κ2) is 4.22. The predicted molar refractivity (Wildman–Crippen MR) is 65.2 cm³/mol. The molecule has 0 saturated heterocycles. The van der Waals surface area contributed by atoms with Crippen LogP contribution in [0.25, 0.3) is 11.0 Å². The fourth-order valence-electron chi connectivity index (χ4n) is 2.07. The normalized spacial score (nSPS) is 11.2. The van der Waals surface area contributed by atoms with Crippen molar-refractivity contribution in [1.82, 2.24) is 14.5 Å². The van der Waals surface area contributed by atoms with Gasteiger partial charge in [-0.1, -0.05) is 6.92 Å². The highest BCUT2D eigenvalue weighted by Gasteiger charge is 2.12. The zero-order chi connectivity index (χ0) is 11.7. The van der Waals surface area contributed by atoms with Crippen molar-refractivity contribution in [3.8, 4) is 0 Å². The summed E-state index contributed by atoms with van der Waals surface area (Å²) in [6.07, 6.45) is 2.95. The highest BCUT2D eigenvalue weighted by Crippen LogP contribution is 2.22. The van der Waals surface area contributed by atoms with Crippen LogP contribution in [0.5, 0.6) is 0 Å². The number of nitrogens with two attached hydrogens (primary N) is 1. The van der Waals surface area contributed by atoms with Gasteiger partial charge in [0.2, 0.25) is 0 Å². The lowest BCUT2D eigenvalue weighted by Crippen LogP contribution is -2.01. The fraction of sp³-hybridized carbons (Fsp3) is 0.500. The van der Waals surface area contributed by atoms with E-state index in [9.17, 15) is 0 Å². The second-order valence-electron chi connectivity index (χ2n) is 3.92. The first-order valence-electron chi connectivity index (χ1n) is 5.76. The van der Waals surface area contributed by atoms with Gasteiger partial charge in [0.15, 0.2) is 0 Å². The number of hydrogen-bond donors (Lipinski definition) is 1. The Bertz CT molecular complexity index is 513. The van der Waals surface area contributed by atoms with Crippen LogP contribution in [0.15, 0.2) is 6.20 Å². The molecule has 0 atom stereocenters. The molecule has 2 aromatic rings. The van der Waals surface area contributed by atoms with Gasteiger partial charge in [0.1, 0.15) is 11.5 Å². The third-order valence-corrected chi connectivity index (χ3v) is 2.90. The summed E-state index contributed by atoms with van der Waals surface area (Å²) >= 11 is 0. The molecule has 2 N–H and O–H groups in total. The molecular formula is C12H18N4. The first-order valence-corrected chi connectivity index (χ1v) is 5.76. The molecular weight excluding hydrogens is 200 g/mol. The Morgan fingerprint density at radius 1 is 1.31 bits per heavy atom. The summed E-state index contributed by atoms with van der Waals surface area (Å²) < 4.78 is 2.14. The van der Waals surface area contributed by atoms with Crippen LogP contribution in [0.2, 0.25) is 0 Å². The molecule has 0 amide bonds. The predicted octanol–water partition coefficient (Wildman–Crippen LogP) is 1.78. The molecule has 0 aromatic carbocycles. The summed E-state index contributed by atoms with van der Waals surface area (Å²) in [5.41, 5.74) is 8.95. The standard InChI is InChI=1S/C12H18N4/c1-4-10-14-8(3)11-9(6-13)7-16(5-2)12(11)15-10/h7H,4-6,13H2,1-3H3. The Labute approximate surface area is 95.5 Å². The molecule has 0 fully saturated rings. The zero-order valence-corrected chi connectivity index (χ0v) is 10.1. The van der Waals surface area contributed by atoms with Crippen LogP contribution in [0.4, 0.5) is 0 Å². The van der Waals surface area contributed by atoms with Gasteiger partial charge in [-0.3, -0.25) is 0 Å². The van der Waals surface area contributed by atoms with E-state index in [2.05, 4.69) is 34.6 Å². The van der Waals surface area contributed by atoms with Crippen LogP contribution in [0.1, 0.15) is 30.9 Å². The lowest BCUT2D eigenvalue weighted by atomic mass is 10.2. The maximum absolute atomic E-state index is 5.75. The molecule has 86 valence electrons. The Morgan fingerprint density at radius 3 is 2.62 bits per heavy atom. The summed E-state index contributed by atoms with van der Waals surface area (Å²) in [5.74, 6) is 0.904. The van der Waals surface area contributed by atoms with Gasteiger partial charge in [-0.2, -0.15) is 0 Å². The quantitative estimate of drug-likeness (QED) is 0.854. The molecule has 16 heavy (non-hydrogen) atoms. The number of fused-ring (bicyclic) bond motifs is 1. The third kappa shape index (κ3) is 1.59. The molecule has 2 rings (SSSR count). The molecule has 2 aromatic heterocycles. The van der Waals surface area contributed by atoms with Crippen LogP contribution in [0, 0.1) is 6.92 Å². The van der Waals surface area contributed by atoms with E-state index in [0.29, 0.717) is 6.54 Å². The van der Waals surface area contributed by atoms with Crippen molar-refractivity contribution in [1.29, 1.82) is 0 Å². The van der Waals surface area contributed by atoms with E-state index in [0.717, 1.165) is 41.1 Å². The molecule has 4 heteroatoms. The Balaban J connectivity index is 2.79. The molecule has 0 bridgehead atoms. The van der Waals surface area contributed by atoms with Crippen molar-refractivity contribution >= 4 is 11.0 Å². The van der Waals surface area contributed by atoms with Crippen LogP contribution in [0.3, 0.4) is 0 Å². The number of aryl methyl sites for hydroxylation is 3. The Kier molecular flexibility index (Phi) is 2.92. The van der Waals surface area contributed by atoms with E-state index >= 15 is 0 Å². The van der Waals surface area contributed by atoms with E-state index in [1.807, 2.05) is 6.92 Å². The Morgan fingerprint density at radius 2 is 2.06 bits per heavy atom. The summed E-state index contributed by atoms with van der Waals surface area (Å²) in [6.45, 7) is 7.67. The molecule has 0 radical (unpaired) electrons. The second-order valence-corrected chi connectivity index (χ2v) is 3.92. The molecule has 0 saturated carbocycles. The molecule has 0 aliphatic carbocycles. The molecule has 0 unspecified atom stereocenters. The van der Waals surface area contributed by atoms with Gasteiger partial charge in [0.05, 0.1) is 5.69 Å². The van der Waals surface area contributed by atoms with Gasteiger partial charge in [0, 0.05) is 31.1 Å². The van der Waals surface area contributed by atoms with Crippen molar-refractivity contribution in [2.24, 2.45) is 5.73 Å².